The van der Waals surface area contributed by atoms with Crippen molar-refractivity contribution in [3.05, 3.63) is 29.8 Å². The first-order chi connectivity index (χ1) is 7.97. The number of hydrogen-bond acceptors (Lipinski definition) is 5. The maximum atomic E-state index is 11.8. The van der Waals surface area contributed by atoms with Crippen molar-refractivity contribution in [2.45, 2.75) is 4.90 Å². The van der Waals surface area contributed by atoms with Crippen LogP contribution in [-0.2, 0) is 17.1 Å². The van der Waals surface area contributed by atoms with Crippen LogP contribution in [0.15, 0.2) is 29.6 Å². The predicted molar refractivity (Wildman–Crippen MR) is 61.1 cm³/mol. The summed E-state index contributed by atoms with van der Waals surface area (Å²) >= 11 is 5.62. The highest BCUT2D eigenvalue weighted by molar-refractivity contribution is 7.92. The minimum absolute atomic E-state index is 0.0311. The van der Waals surface area contributed by atoms with Crippen molar-refractivity contribution >= 4 is 27.6 Å². The lowest BCUT2D eigenvalue weighted by Gasteiger charge is -2.03. The molecular formula is C8H8ClN5O2S. The van der Waals surface area contributed by atoms with Gasteiger partial charge in [0.1, 0.15) is 10.0 Å². The molecule has 7 nitrogen and oxygen atoms in total. The van der Waals surface area contributed by atoms with Crippen LogP contribution in [0, 0.1) is 0 Å². The first-order valence-electron chi connectivity index (χ1n) is 4.47. The van der Waals surface area contributed by atoms with Gasteiger partial charge >= 0.3 is 0 Å². The van der Waals surface area contributed by atoms with Gasteiger partial charge in [0.2, 0.25) is 5.95 Å². The number of halogens is 1. The predicted octanol–water partition coefficient (Wildman–Crippen LogP) is 0.664. The van der Waals surface area contributed by atoms with Gasteiger partial charge in [0.25, 0.3) is 10.0 Å². The molecule has 0 amide bonds. The maximum absolute atomic E-state index is 11.8. The Hall–Kier alpha value is -1.67. The Kier molecular flexibility index (Phi) is 2.99. The van der Waals surface area contributed by atoms with Crippen LogP contribution < -0.4 is 4.72 Å². The molecule has 2 heterocycles. The standard InChI is InChI=1S/C8H8ClN5O2S/c1-14-5-6(4-11-14)17(15,16)13-8-10-3-2-7(9)12-8/h2-5H,1H3,(H,10,12,13). The summed E-state index contributed by atoms with van der Waals surface area (Å²) in [7, 11) is -2.11. The molecule has 0 bridgehead atoms. The Balaban J connectivity index is 2.29. The molecule has 0 aliphatic rings. The fraction of sp³-hybridized carbons (Fsp3) is 0.125. The molecule has 90 valence electrons. The van der Waals surface area contributed by atoms with E-state index in [9.17, 15) is 8.42 Å². The van der Waals surface area contributed by atoms with Crippen LogP contribution in [0.1, 0.15) is 0 Å². The van der Waals surface area contributed by atoms with E-state index in [1.807, 2.05) is 0 Å². The topological polar surface area (TPSA) is 89.8 Å². The molecule has 17 heavy (non-hydrogen) atoms. The van der Waals surface area contributed by atoms with E-state index in [2.05, 4.69) is 19.8 Å². The Labute approximate surface area is 103 Å². The molecule has 0 aliphatic heterocycles. The molecule has 1 N–H and O–H groups in total. The summed E-state index contributed by atoms with van der Waals surface area (Å²) in [5.41, 5.74) is 0. The largest absolute Gasteiger partial charge is 0.274 e. The lowest BCUT2D eigenvalue weighted by Crippen LogP contribution is -2.14. The second kappa shape index (κ2) is 4.30. The lowest BCUT2D eigenvalue weighted by molar-refractivity contribution is 0.600. The van der Waals surface area contributed by atoms with Crippen molar-refractivity contribution in [1.82, 2.24) is 19.7 Å². The Bertz CT molecular complexity index is 639. The normalized spacial score (nSPS) is 11.4. The smallest absolute Gasteiger partial charge is 0.267 e. The molecular weight excluding hydrogens is 266 g/mol. The average Bonchev–Trinajstić information content (AvgIpc) is 2.65. The minimum Gasteiger partial charge on any atom is -0.274 e. The second-order valence-electron chi connectivity index (χ2n) is 3.16. The van der Waals surface area contributed by atoms with Crippen LogP contribution >= 0.6 is 11.6 Å². The molecule has 0 aromatic carbocycles. The van der Waals surface area contributed by atoms with Gasteiger partial charge in [0, 0.05) is 19.4 Å². The van der Waals surface area contributed by atoms with E-state index in [4.69, 9.17) is 11.6 Å². The third-order valence-electron chi connectivity index (χ3n) is 1.84. The van der Waals surface area contributed by atoms with Gasteiger partial charge in [-0.15, -0.1) is 0 Å². The summed E-state index contributed by atoms with van der Waals surface area (Å²) in [5, 5.41) is 3.93. The van der Waals surface area contributed by atoms with Crippen molar-refractivity contribution < 1.29 is 8.42 Å². The Morgan fingerprint density at radius 1 is 1.47 bits per heavy atom. The molecule has 2 aromatic heterocycles. The minimum atomic E-state index is -3.73. The van der Waals surface area contributed by atoms with Crippen LogP contribution in [-0.4, -0.2) is 28.2 Å². The highest BCUT2D eigenvalue weighted by Crippen LogP contribution is 2.12. The summed E-state index contributed by atoms with van der Waals surface area (Å²) < 4.78 is 27.3. The fourth-order valence-corrected chi connectivity index (χ4v) is 2.17. The quantitative estimate of drug-likeness (QED) is 0.830. The van der Waals surface area contributed by atoms with Crippen LogP contribution in [0.2, 0.25) is 5.15 Å². The summed E-state index contributed by atoms with van der Waals surface area (Å²) in [4.78, 5) is 7.50. The molecule has 0 radical (unpaired) electrons. The molecule has 0 saturated carbocycles. The first-order valence-corrected chi connectivity index (χ1v) is 6.33. The van der Waals surface area contributed by atoms with E-state index in [1.165, 1.54) is 29.3 Å². The maximum Gasteiger partial charge on any atom is 0.267 e. The number of hydrogen-bond donors (Lipinski definition) is 1. The molecule has 2 aromatic rings. The zero-order valence-corrected chi connectivity index (χ0v) is 10.3. The van der Waals surface area contributed by atoms with Crippen LogP contribution in [0.3, 0.4) is 0 Å². The molecule has 0 spiro atoms. The monoisotopic (exact) mass is 273 g/mol. The number of rotatable bonds is 3. The number of aryl methyl sites for hydroxylation is 1. The Morgan fingerprint density at radius 3 is 2.82 bits per heavy atom. The molecule has 9 heteroatoms. The third-order valence-corrected chi connectivity index (χ3v) is 3.33. The number of nitrogens with zero attached hydrogens (tertiary/aromatic N) is 4. The summed E-state index contributed by atoms with van der Waals surface area (Å²) in [6.45, 7) is 0. The van der Waals surface area contributed by atoms with Gasteiger partial charge in [0.15, 0.2) is 0 Å². The van der Waals surface area contributed by atoms with E-state index < -0.39 is 10.0 Å². The second-order valence-corrected chi connectivity index (χ2v) is 5.23. The van der Waals surface area contributed by atoms with E-state index >= 15 is 0 Å². The van der Waals surface area contributed by atoms with Crippen molar-refractivity contribution in [3.63, 3.8) is 0 Å². The zero-order chi connectivity index (χ0) is 12.5. The SMILES string of the molecule is Cn1cc(S(=O)(=O)Nc2nccc(Cl)n2)cn1. The third kappa shape index (κ3) is 2.71. The van der Waals surface area contributed by atoms with E-state index in [1.54, 1.807) is 7.05 Å². The van der Waals surface area contributed by atoms with Gasteiger partial charge < -0.3 is 0 Å². The summed E-state index contributed by atoms with van der Waals surface area (Å²) in [6, 6.07) is 1.45. The number of anilines is 1. The molecule has 0 unspecified atom stereocenters. The number of nitrogens with one attached hydrogen (secondary N) is 1. The zero-order valence-electron chi connectivity index (χ0n) is 8.70. The van der Waals surface area contributed by atoms with Crippen molar-refractivity contribution in [3.8, 4) is 0 Å². The highest BCUT2D eigenvalue weighted by atomic mass is 35.5. The van der Waals surface area contributed by atoms with Gasteiger partial charge in [-0.05, 0) is 6.07 Å². The van der Waals surface area contributed by atoms with E-state index in [-0.39, 0.29) is 16.0 Å². The van der Waals surface area contributed by atoms with E-state index in [0.29, 0.717) is 0 Å². The highest BCUT2D eigenvalue weighted by Gasteiger charge is 2.17. The van der Waals surface area contributed by atoms with Gasteiger partial charge in [-0.25, -0.2) is 23.1 Å². The lowest BCUT2D eigenvalue weighted by atomic mass is 10.7. The summed E-state index contributed by atoms with van der Waals surface area (Å²) in [6.07, 6.45) is 3.95. The molecule has 2 rings (SSSR count). The number of sulfonamides is 1. The first kappa shape index (κ1) is 11.8. The molecule has 0 atom stereocenters. The van der Waals surface area contributed by atoms with Gasteiger partial charge in [-0.2, -0.15) is 5.10 Å². The van der Waals surface area contributed by atoms with E-state index in [0.717, 1.165) is 0 Å². The number of aromatic nitrogens is 4. The molecule has 0 saturated heterocycles. The van der Waals surface area contributed by atoms with Gasteiger partial charge in [-0.1, -0.05) is 11.6 Å². The van der Waals surface area contributed by atoms with Crippen molar-refractivity contribution in [2.75, 3.05) is 4.72 Å². The van der Waals surface area contributed by atoms with Crippen LogP contribution in [0.5, 0.6) is 0 Å². The summed E-state index contributed by atoms with van der Waals surface area (Å²) in [5.74, 6) is -0.0821. The Morgan fingerprint density at radius 2 is 2.24 bits per heavy atom. The van der Waals surface area contributed by atoms with Gasteiger partial charge in [-0.3, -0.25) is 4.68 Å². The van der Waals surface area contributed by atoms with Crippen LogP contribution in [0.4, 0.5) is 5.95 Å². The molecule has 0 fully saturated rings. The van der Waals surface area contributed by atoms with Crippen molar-refractivity contribution in [1.29, 1.82) is 0 Å². The average molecular weight is 274 g/mol. The molecule has 0 aliphatic carbocycles. The van der Waals surface area contributed by atoms with Gasteiger partial charge in [0.05, 0.1) is 6.20 Å². The fourth-order valence-electron chi connectivity index (χ4n) is 1.10. The van der Waals surface area contributed by atoms with Crippen molar-refractivity contribution in [2.24, 2.45) is 7.05 Å². The van der Waals surface area contributed by atoms with Crippen LogP contribution in [0.25, 0.3) is 0 Å².